The van der Waals surface area contributed by atoms with E-state index in [0.717, 1.165) is 11.1 Å². The van der Waals surface area contributed by atoms with Gasteiger partial charge in [-0.05, 0) is 18.6 Å². The van der Waals surface area contributed by atoms with Crippen molar-refractivity contribution in [1.29, 1.82) is 0 Å². The number of nitrogens with zero attached hydrogens (tertiary/aromatic N) is 2. The third-order valence-electron chi connectivity index (χ3n) is 2.72. The lowest BCUT2D eigenvalue weighted by atomic mass is 10.2. The maximum Gasteiger partial charge on any atom is 0.252 e. The number of oxime groups is 1. The van der Waals surface area contributed by atoms with Gasteiger partial charge < -0.3 is 9.94 Å². The standard InChI is InChI=1S/C15H16N2O2/c1-13-4-6-14(7-5-13)11-19-12-17-8-2-3-15(10-17)9-16-18/h2-10H,11-12H2,1H3/p+1/b16-9+. The van der Waals surface area contributed by atoms with Crippen molar-refractivity contribution in [3.05, 3.63) is 65.5 Å². The lowest BCUT2D eigenvalue weighted by Crippen LogP contribution is -2.34. The normalized spacial score (nSPS) is 11.0. The van der Waals surface area contributed by atoms with Crippen molar-refractivity contribution in [2.75, 3.05) is 0 Å². The zero-order valence-corrected chi connectivity index (χ0v) is 10.9. The lowest BCUT2D eigenvalue weighted by Gasteiger charge is -2.02. The van der Waals surface area contributed by atoms with Gasteiger partial charge in [0.05, 0.1) is 18.4 Å². The Hall–Kier alpha value is -2.20. The summed E-state index contributed by atoms with van der Waals surface area (Å²) in [7, 11) is 0. The SMILES string of the molecule is Cc1ccc(COC[n+]2cccc(/C=N/O)c2)cc1. The molecule has 4 nitrogen and oxygen atoms in total. The summed E-state index contributed by atoms with van der Waals surface area (Å²) < 4.78 is 7.53. The first-order chi connectivity index (χ1) is 9.28. The number of benzene rings is 1. The molecule has 1 aromatic heterocycles. The maximum absolute atomic E-state index is 8.49. The fourth-order valence-electron chi connectivity index (χ4n) is 1.72. The van der Waals surface area contributed by atoms with E-state index in [1.54, 1.807) is 0 Å². The van der Waals surface area contributed by atoms with E-state index in [1.165, 1.54) is 11.8 Å². The Bertz CT molecular complexity index is 550. The molecular weight excluding hydrogens is 240 g/mol. The summed E-state index contributed by atoms with van der Waals surface area (Å²) in [5, 5.41) is 11.5. The maximum atomic E-state index is 8.49. The van der Waals surface area contributed by atoms with E-state index in [9.17, 15) is 0 Å². The molecule has 1 N–H and O–H groups in total. The van der Waals surface area contributed by atoms with Gasteiger partial charge in [0, 0.05) is 6.07 Å². The highest BCUT2D eigenvalue weighted by atomic mass is 16.5. The van der Waals surface area contributed by atoms with Gasteiger partial charge in [0.2, 0.25) is 0 Å². The summed E-state index contributed by atoms with van der Waals surface area (Å²) in [5.41, 5.74) is 3.22. The zero-order valence-electron chi connectivity index (χ0n) is 10.9. The predicted octanol–water partition coefficient (Wildman–Crippen LogP) is 2.26. The van der Waals surface area contributed by atoms with E-state index in [4.69, 9.17) is 9.94 Å². The van der Waals surface area contributed by atoms with Crippen LogP contribution in [0.3, 0.4) is 0 Å². The van der Waals surface area contributed by atoms with Crippen LogP contribution in [-0.4, -0.2) is 11.4 Å². The Balaban J connectivity index is 1.88. The first-order valence-corrected chi connectivity index (χ1v) is 6.08. The minimum absolute atomic E-state index is 0.459. The summed E-state index contributed by atoms with van der Waals surface area (Å²) in [4.78, 5) is 0. The molecule has 1 aromatic carbocycles. The minimum atomic E-state index is 0.459. The largest absolute Gasteiger partial charge is 0.411 e. The van der Waals surface area contributed by atoms with Crippen LogP contribution in [0.15, 0.2) is 53.9 Å². The van der Waals surface area contributed by atoms with Crippen LogP contribution in [0.4, 0.5) is 0 Å². The molecule has 0 amide bonds. The van der Waals surface area contributed by atoms with Crippen molar-refractivity contribution in [3.8, 4) is 0 Å². The van der Waals surface area contributed by atoms with Gasteiger partial charge in [0.15, 0.2) is 12.4 Å². The van der Waals surface area contributed by atoms with Gasteiger partial charge in [0.1, 0.15) is 0 Å². The van der Waals surface area contributed by atoms with Gasteiger partial charge in [-0.3, -0.25) is 0 Å². The van der Waals surface area contributed by atoms with Crippen molar-refractivity contribution >= 4 is 6.21 Å². The molecule has 0 radical (unpaired) electrons. The fourth-order valence-corrected chi connectivity index (χ4v) is 1.72. The number of rotatable bonds is 5. The van der Waals surface area contributed by atoms with Gasteiger partial charge in [-0.1, -0.05) is 35.0 Å². The van der Waals surface area contributed by atoms with Crippen LogP contribution in [0.2, 0.25) is 0 Å². The van der Waals surface area contributed by atoms with Gasteiger partial charge in [0.25, 0.3) is 6.73 Å². The van der Waals surface area contributed by atoms with Crippen molar-refractivity contribution in [2.45, 2.75) is 20.3 Å². The van der Waals surface area contributed by atoms with E-state index >= 15 is 0 Å². The fraction of sp³-hybridized carbons (Fsp3) is 0.200. The molecule has 4 heteroatoms. The third-order valence-corrected chi connectivity index (χ3v) is 2.72. The van der Waals surface area contributed by atoms with Crippen molar-refractivity contribution in [3.63, 3.8) is 0 Å². The average Bonchev–Trinajstić information content (AvgIpc) is 2.42. The van der Waals surface area contributed by atoms with E-state index in [2.05, 4.69) is 36.3 Å². The molecule has 2 aromatic rings. The van der Waals surface area contributed by atoms with Crippen LogP contribution >= 0.6 is 0 Å². The highest BCUT2D eigenvalue weighted by molar-refractivity contribution is 5.77. The second-order valence-electron chi connectivity index (χ2n) is 4.36. The number of aryl methyl sites for hydroxylation is 1. The molecule has 0 fully saturated rings. The molecular formula is C15H17N2O2+. The zero-order chi connectivity index (χ0) is 13.5. The summed E-state index contributed by atoms with van der Waals surface area (Å²) in [6.07, 6.45) is 5.15. The molecule has 0 aliphatic carbocycles. The first-order valence-electron chi connectivity index (χ1n) is 6.08. The molecule has 0 bridgehead atoms. The molecule has 0 spiro atoms. The minimum Gasteiger partial charge on any atom is -0.411 e. The molecule has 0 saturated heterocycles. The van der Waals surface area contributed by atoms with Crippen molar-refractivity contribution in [1.82, 2.24) is 0 Å². The van der Waals surface area contributed by atoms with Crippen LogP contribution < -0.4 is 4.57 Å². The molecule has 2 rings (SSSR count). The molecule has 0 aliphatic heterocycles. The average molecular weight is 257 g/mol. The summed E-state index contributed by atoms with van der Waals surface area (Å²) in [6, 6.07) is 12.0. The number of pyridine rings is 1. The highest BCUT2D eigenvalue weighted by Gasteiger charge is 2.02. The van der Waals surface area contributed by atoms with Gasteiger partial charge in [-0.25, -0.2) is 0 Å². The number of hydrogen-bond acceptors (Lipinski definition) is 3. The number of ether oxygens (including phenoxy) is 1. The molecule has 0 aliphatic rings. The van der Waals surface area contributed by atoms with Crippen molar-refractivity contribution in [2.24, 2.45) is 5.16 Å². The molecule has 0 saturated carbocycles. The van der Waals surface area contributed by atoms with Crippen LogP contribution in [0.5, 0.6) is 0 Å². The van der Waals surface area contributed by atoms with Crippen LogP contribution in [0, 0.1) is 6.92 Å². The highest BCUT2D eigenvalue weighted by Crippen LogP contribution is 2.04. The second kappa shape index (κ2) is 6.66. The Morgan fingerprint density at radius 2 is 2.05 bits per heavy atom. The molecule has 0 unspecified atom stereocenters. The molecule has 98 valence electrons. The smallest absolute Gasteiger partial charge is 0.252 e. The third kappa shape index (κ3) is 4.19. The molecule has 0 atom stereocenters. The summed E-state index contributed by atoms with van der Waals surface area (Å²) in [6.45, 7) is 3.10. The van der Waals surface area contributed by atoms with Gasteiger partial charge >= 0.3 is 0 Å². The van der Waals surface area contributed by atoms with E-state index in [0.29, 0.717) is 13.3 Å². The van der Waals surface area contributed by atoms with Crippen LogP contribution in [0.25, 0.3) is 0 Å². The number of hydrogen-bond donors (Lipinski definition) is 1. The second-order valence-corrected chi connectivity index (χ2v) is 4.36. The topological polar surface area (TPSA) is 45.7 Å². The van der Waals surface area contributed by atoms with Gasteiger partial charge in [-0.15, -0.1) is 0 Å². The molecule has 1 heterocycles. The Kier molecular flexibility index (Phi) is 4.64. The van der Waals surface area contributed by atoms with Crippen LogP contribution in [-0.2, 0) is 18.1 Å². The lowest BCUT2D eigenvalue weighted by molar-refractivity contribution is -0.733. The Labute approximate surface area is 112 Å². The van der Waals surface area contributed by atoms with Crippen LogP contribution in [0.1, 0.15) is 16.7 Å². The molecule has 19 heavy (non-hydrogen) atoms. The number of aromatic nitrogens is 1. The monoisotopic (exact) mass is 257 g/mol. The van der Waals surface area contributed by atoms with Crippen molar-refractivity contribution < 1.29 is 14.5 Å². The summed E-state index contributed by atoms with van der Waals surface area (Å²) in [5.74, 6) is 0. The van der Waals surface area contributed by atoms with Gasteiger partial charge in [-0.2, -0.15) is 4.57 Å². The first kappa shape index (κ1) is 13.2. The Morgan fingerprint density at radius 3 is 2.79 bits per heavy atom. The van der Waals surface area contributed by atoms with E-state index < -0.39 is 0 Å². The quantitative estimate of drug-likeness (QED) is 0.386. The predicted molar refractivity (Wildman–Crippen MR) is 72.0 cm³/mol. The van der Waals surface area contributed by atoms with E-state index in [-0.39, 0.29) is 0 Å². The summed E-state index contributed by atoms with van der Waals surface area (Å²) >= 11 is 0. The van der Waals surface area contributed by atoms with E-state index in [1.807, 2.05) is 29.1 Å². The Morgan fingerprint density at radius 1 is 1.26 bits per heavy atom.